The van der Waals surface area contributed by atoms with Crippen LogP contribution < -0.4 is 18.9 Å². The minimum atomic E-state index is -0.517. The van der Waals surface area contributed by atoms with Gasteiger partial charge in [-0.15, -0.1) is 0 Å². The van der Waals surface area contributed by atoms with Crippen LogP contribution in [0, 0.1) is 12.3 Å². The summed E-state index contributed by atoms with van der Waals surface area (Å²) in [4.78, 5) is 17.2. The molecule has 0 saturated heterocycles. The molecule has 10 heteroatoms. The number of rotatable bonds is 11. The van der Waals surface area contributed by atoms with Gasteiger partial charge >= 0.3 is 0 Å². The molecule has 1 amide bonds. The SMILES string of the molecule is CC[C@@H](C)c1ccc(OCCOc2c(OC)cc(/C=C3\C(=N)N4N=C(c5cccc(C)c5)SC4=NC3=O)cc2OC)cc1. The summed E-state index contributed by atoms with van der Waals surface area (Å²) in [5, 5.41) is 15.7. The Balaban J connectivity index is 1.30. The second-order valence-corrected chi connectivity index (χ2v) is 11.1. The van der Waals surface area contributed by atoms with Crippen molar-refractivity contribution < 1.29 is 23.7 Å². The third-order valence-electron chi connectivity index (χ3n) is 7.17. The highest BCUT2D eigenvalue weighted by Crippen LogP contribution is 2.40. The Morgan fingerprint density at radius 1 is 1.00 bits per heavy atom. The number of aryl methyl sites for hydroxylation is 1. The second-order valence-electron chi connectivity index (χ2n) is 10.1. The van der Waals surface area contributed by atoms with Crippen molar-refractivity contribution in [2.24, 2.45) is 10.1 Å². The molecule has 43 heavy (non-hydrogen) atoms. The van der Waals surface area contributed by atoms with Gasteiger partial charge in [0.25, 0.3) is 5.91 Å². The van der Waals surface area contributed by atoms with Gasteiger partial charge in [-0.3, -0.25) is 10.2 Å². The van der Waals surface area contributed by atoms with Gasteiger partial charge in [-0.1, -0.05) is 49.7 Å². The molecule has 2 aliphatic heterocycles. The van der Waals surface area contributed by atoms with E-state index in [2.05, 4.69) is 36.1 Å². The minimum absolute atomic E-state index is 0.0576. The van der Waals surface area contributed by atoms with Crippen molar-refractivity contribution in [3.8, 4) is 23.0 Å². The molecule has 1 atom stereocenters. The predicted octanol–water partition coefficient (Wildman–Crippen LogP) is 6.65. The zero-order chi connectivity index (χ0) is 30.5. The van der Waals surface area contributed by atoms with Gasteiger partial charge in [0.1, 0.15) is 24.0 Å². The monoisotopic (exact) mass is 598 g/mol. The van der Waals surface area contributed by atoms with E-state index in [1.807, 2.05) is 43.3 Å². The van der Waals surface area contributed by atoms with Crippen molar-refractivity contribution in [3.63, 3.8) is 0 Å². The fourth-order valence-corrected chi connectivity index (χ4v) is 5.50. The highest BCUT2D eigenvalue weighted by molar-refractivity contribution is 8.27. The van der Waals surface area contributed by atoms with Crippen molar-refractivity contribution in [1.29, 1.82) is 5.41 Å². The Morgan fingerprint density at radius 3 is 2.35 bits per heavy atom. The predicted molar refractivity (Wildman–Crippen MR) is 171 cm³/mol. The number of aliphatic imine (C=N–C) groups is 1. The van der Waals surface area contributed by atoms with Gasteiger partial charge in [-0.05, 0) is 78.6 Å². The Hall–Kier alpha value is -4.57. The van der Waals surface area contributed by atoms with Gasteiger partial charge in [0.2, 0.25) is 10.9 Å². The maximum atomic E-state index is 13.0. The van der Waals surface area contributed by atoms with E-state index in [0.29, 0.717) is 45.5 Å². The molecule has 0 unspecified atom stereocenters. The van der Waals surface area contributed by atoms with E-state index in [9.17, 15) is 4.79 Å². The summed E-state index contributed by atoms with van der Waals surface area (Å²) < 4.78 is 23.1. The zero-order valence-electron chi connectivity index (χ0n) is 24.8. The summed E-state index contributed by atoms with van der Waals surface area (Å²) in [6.07, 6.45) is 2.67. The summed E-state index contributed by atoms with van der Waals surface area (Å²) in [5.74, 6) is 1.95. The molecular formula is C33H34N4O5S. The number of fused-ring (bicyclic) bond motifs is 1. The van der Waals surface area contributed by atoms with Gasteiger partial charge in [0.05, 0.1) is 19.8 Å². The first kappa shape index (κ1) is 29.9. The maximum absolute atomic E-state index is 13.0. The highest BCUT2D eigenvalue weighted by atomic mass is 32.2. The number of hydrogen-bond donors (Lipinski definition) is 1. The number of thioether (sulfide) groups is 1. The van der Waals surface area contributed by atoms with E-state index in [4.69, 9.17) is 24.4 Å². The van der Waals surface area contributed by atoms with Gasteiger partial charge < -0.3 is 18.9 Å². The van der Waals surface area contributed by atoms with Crippen LogP contribution in [0.2, 0.25) is 0 Å². The molecule has 0 saturated carbocycles. The number of nitrogens with one attached hydrogen (secondary N) is 1. The van der Waals surface area contributed by atoms with Crippen LogP contribution in [0.4, 0.5) is 0 Å². The Morgan fingerprint density at radius 2 is 1.70 bits per heavy atom. The highest BCUT2D eigenvalue weighted by Gasteiger charge is 2.36. The van der Waals surface area contributed by atoms with E-state index >= 15 is 0 Å². The molecule has 1 N–H and O–H groups in total. The van der Waals surface area contributed by atoms with Crippen LogP contribution >= 0.6 is 11.8 Å². The van der Waals surface area contributed by atoms with Crippen molar-refractivity contribution in [3.05, 3.63) is 88.5 Å². The average Bonchev–Trinajstić information content (AvgIpc) is 3.45. The summed E-state index contributed by atoms with van der Waals surface area (Å²) in [6, 6.07) is 19.5. The van der Waals surface area contributed by atoms with Crippen LogP contribution in [0.15, 0.2) is 76.3 Å². The van der Waals surface area contributed by atoms with Gasteiger partial charge in [-0.25, -0.2) is 0 Å². The lowest BCUT2D eigenvalue weighted by Crippen LogP contribution is -2.35. The number of benzene rings is 3. The smallest absolute Gasteiger partial charge is 0.283 e. The number of methoxy groups -OCH3 is 2. The summed E-state index contributed by atoms with van der Waals surface area (Å²) in [5.41, 5.74) is 3.97. The largest absolute Gasteiger partial charge is 0.493 e. The fourth-order valence-electron chi connectivity index (χ4n) is 4.61. The normalized spacial score (nSPS) is 16.0. The first-order chi connectivity index (χ1) is 20.8. The molecule has 0 spiro atoms. The molecule has 0 fully saturated rings. The molecule has 0 bridgehead atoms. The number of amides is 1. The van der Waals surface area contributed by atoms with Crippen molar-refractivity contribution in [2.75, 3.05) is 27.4 Å². The molecule has 5 rings (SSSR count). The van der Waals surface area contributed by atoms with Crippen molar-refractivity contribution in [1.82, 2.24) is 5.01 Å². The first-order valence-electron chi connectivity index (χ1n) is 14.0. The van der Waals surface area contributed by atoms with Crippen LogP contribution in [-0.2, 0) is 4.79 Å². The van der Waals surface area contributed by atoms with Crippen LogP contribution in [0.1, 0.15) is 48.4 Å². The molecule has 0 aliphatic carbocycles. The minimum Gasteiger partial charge on any atom is -0.493 e. The topological polar surface area (TPSA) is 106 Å². The lowest BCUT2D eigenvalue weighted by atomic mass is 9.99. The van der Waals surface area contributed by atoms with E-state index in [1.165, 1.54) is 36.6 Å². The summed E-state index contributed by atoms with van der Waals surface area (Å²) >= 11 is 1.27. The third kappa shape index (κ3) is 6.59. The maximum Gasteiger partial charge on any atom is 0.283 e. The second kappa shape index (κ2) is 13.2. The number of hydrazone groups is 1. The molecule has 3 aromatic rings. The third-order valence-corrected chi connectivity index (χ3v) is 8.13. The van der Waals surface area contributed by atoms with Crippen LogP contribution in [0.5, 0.6) is 23.0 Å². The number of amidine groups is 2. The standard InChI is InChI=1S/C33H34N4O5S/c1-6-21(3)23-10-12-25(13-11-23)41-14-15-42-29-27(39-4)18-22(19-28(29)40-5)17-26-30(34)37-33(35-31(26)38)43-32(36-37)24-9-7-8-20(2)16-24/h7-13,16-19,21,34H,6,14-15H2,1-5H3/b26-17+,34-30?/t21-/m1/s1. The number of nitrogens with zero attached hydrogens (tertiary/aromatic N) is 3. The molecule has 2 aliphatic rings. The van der Waals surface area contributed by atoms with E-state index in [0.717, 1.165) is 23.3 Å². The molecule has 222 valence electrons. The van der Waals surface area contributed by atoms with E-state index in [-0.39, 0.29) is 18.0 Å². The lowest BCUT2D eigenvalue weighted by molar-refractivity contribution is -0.114. The van der Waals surface area contributed by atoms with Gasteiger partial charge in [0.15, 0.2) is 17.3 Å². The first-order valence-corrected chi connectivity index (χ1v) is 14.8. The lowest BCUT2D eigenvalue weighted by Gasteiger charge is -2.20. The van der Waals surface area contributed by atoms with Crippen LogP contribution in [0.3, 0.4) is 0 Å². The zero-order valence-corrected chi connectivity index (χ0v) is 25.7. The number of ether oxygens (including phenoxy) is 4. The molecule has 3 aromatic carbocycles. The Bertz CT molecular complexity index is 1610. The molecule has 9 nitrogen and oxygen atoms in total. The summed E-state index contributed by atoms with van der Waals surface area (Å²) in [6.45, 7) is 6.96. The quantitative estimate of drug-likeness (QED) is 0.195. The number of hydrogen-bond acceptors (Lipinski definition) is 8. The number of carbonyl (C=O) groups is 1. The summed E-state index contributed by atoms with van der Waals surface area (Å²) in [7, 11) is 3.06. The van der Waals surface area contributed by atoms with E-state index < -0.39 is 5.91 Å². The van der Waals surface area contributed by atoms with Gasteiger partial charge in [-0.2, -0.15) is 15.1 Å². The Kier molecular flexibility index (Phi) is 9.16. The average molecular weight is 599 g/mol. The van der Waals surface area contributed by atoms with Crippen molar-refractivity contribution >= 4 is 39.8 Å². The fraction of sp³-hybridized carbons (Fsp3) is 0.273. The van der Waals surface area contributed by atoms with E-state index in [1.54, 1.807) is 18.2 Å². The molecular weight excluding hydrogens is 564 g/mol. The Labute approximate surface area is 255 Å². The van der Waals surface area contributed by atoms with Crippen LogP contribution in [0.25, 0.3) is 6.08 Å². The number of carbonyl (C=O) groups excluding carboxylic acids is 1. The van der Waals surface area contributed by atoms with Crippen molar-refractivity contribution in [2.45, 2.75) is 33.1 Å². The molecule has 0 aromatic heterocycles. The molecule has 0 radical (unpaired) electrons. The van der Waals surface area contributed by atoms with Crippen LogP contribution in [-0.4, -0.2) is 54.4 Å². The molecule has 2 heterocycles. The van der Waals surface area contributed by atoms with Gasteiger partial charge in [0, 0.05) is 5.56 Å².